The van der Waals surface area contributed by atoms with Gasteiger partial charge < -0.3 is 5.11 Å². The molecule has 4 nitrogen and oxygen atoms in total. The Balaban J connectivity index is 0.00000220. The quantitative estimate of drug-likeness (QED) is 0.878. The van der Waals surface area contributed by atoms with E-state index in [9.17, 15) is 5.11 Å². The van der Waals surface area contributed by atoms with Gasteiger partial charge in [0.1, 0.15) is 18.8 Å². The van der Waals surface area contributed by atoms with Crippen molar-refractivity contribution in [3.63, 3.8) is 0 Å². The molecule has 1 N–H and O–H groups in total. The van der Waals surface area contributed by atoms with Gasteiger partial charge in [0, 0.05) is 5.02 Å². The molecule has 0 fully saturated rings. The zero-order valence-electron chi connectivity index (χ0n) is 11.8. The standard InChI is InChI=1S/C15H18ClN3O.Ca.2H/c1-15(2,3)14(20)13(19-10-17-9-18-19)8-11-4-6-12(16)7-5-11;;;/h4-10,14,20H,1-3H3;;;/b13-8+;;;. The van der Waals surface area contributed by atoms with Crippen molar-refractivity contribution in [1.82, 2.24) is 14.8 Å². The van der Waals surface area contributed by atoms with Crippen molar-refractivity contribution in [3.05, 3.63) is 47.5 Å². The van der Waals surface area contributed by atoms with Gasteiger partial charge in [0.15, 0.2) is 0 Å². The molecule has 0 bridgehead atoms. The van der Waals surface area contributed by atoms with Gasteiger partial charge in [-0.25, -0.2) is 9.67 Å². The monoisotopic (exact) mass is 333 g/mol. The average Bonchev–Trinajstić information content (AvgIpc) is 2.90. The molecular weight excluding hydrogens is 314 g/mol. The van der Waals surface area contributed by atoms with Crippen LogP contribution in [0.15, 0.2) is 36.9 Å². The normalized spacial score (nSPS) is 13.7. The molecule has 6 heteroatoms. The van der Waals surface area contributed by atoms with Gasteiger partial charge >= 0.3 is 37.7 Å². The first-order valence-electron chi connectivity index (χ1n) is 6.38. The van der Waals surface area contributed by atoms with E-state index < -0.39 is 6.10 Å². The Bertz CT molecular complexity index is 588. The van der Waals surface area contributed by atoms with Gasteiger partial charge in [-0.1, -0.05) is 44.5 Å². The molecule has 2 aromatic rings. The van der Waals surface area contributed by atoms with E-state index in [1.807, 2.05) is 51.1 Å². The second-order valence-corrected chi connectivity index (χ2v) is 6.17. The summed E-state index contributed by atoms with van der Waals surface area (Å²) < 4.78 is 1.59. The van der Waals surface area contributed by atoms with Crippen molar-refractivity contribution in [2.24, 2.45) is 5.41 Å². The number of aliphatic hydroxyl groups excluding tert-OH is 1. The molecule has 0 saturated carbocycles. The molecule has 1 aromatic heterocycles. The first-order valence-corrected chi connectivity index (χ1v) is 6.76. The van der Waals surface area contributed by atoms with Crippen molar-refractivity contribution in [2.75, 3.05) is 0 Å². The van der Waals surface area contributed by atoms with Gasteiger partial charge in [-0.15, -0.1) is 0 Å². The Labute approximate surface area is 159 Å². The molecule has 21 heavy (non-hydrogen) atoms. The fourth-order valence-corrected chi connectivity index (χ4v) is 1.91. The van der Waals surface area contributed by atoms with Crippen molar-refractivity contribution in [1.29, 1.82) is 0 Å². The van der Waals surface area contributed by atoms with Crippen LogP contribution in [-0.4, -0.2) is 63.7 Å². The third-order valence-electron chi connectivity index (χ3n) is 2.97. The number of nitrogens with zero attached hydrogens (tertiary/aromatic N) is 3. The van der Waals surface area contributed by atoms with Gasteiger partial charge in [-0.05, 0) is 29.2 Å². The maximum atomic E-state index is 10.6. The number of hydrogen-bond donors (Lipinski definition) is 1. The molecule has 0 aliphatic rings. The maximum absolute atomic E-state index is 10.6. The van der Waals surface area contributed by atoms with Crippen LogP contribution in [0.2, 0.25) is 5.02 Å². The summed E-state index contributed by atoms with van der Waals surface area (Å²) in [5.41, 5.74) is 1.32. The van der Waals surface area contributed by atoms with Gasteiger partial charge in [-0.3, -0.25) is 0 Å². The number of hydrogen-bond acceptors (Lipinski definition) is 3. The first kappa shape index (κ1) is 18.7. The van der Waals surface area contributed by atoms with E-state index >= 15 is 0 Å². The summed E-state index contributed by atoms with van der Waals surface area (Å²) in [4.78, 5) is 3.94. The van der Waals surface area contributed by atoms with Crippen LogP contribution in [0, 0.1) is 5.41 Å². The third kappa shape index (κ3) is 5.08. The minimum atomic E-state index is -0.667. The van der Waals surface area contributed by atoms with Crippen molar-refractivity contribution < 1.29 is 5.11 Å². The van der Waals surface area contributed by atoms with E-state index in [0.717, 1.165) is 5.56 Å². The molecule has 1 atom stereocenters. The van der Waals surface area contributed by atoms with E-state index in [2.05, 4.69) is 10.1 Å². The van der Waals surface area contributed by atoms with Crippen LogP contribution >= 0.6 is 11.6 Å². The summed E-state index contributed by atoms with van der Waals surface area (Å²) >= 11 is 5.89. The topological polar surface area (TPSA) is 50.9 Å². The molecule has 1 aromatic carbocycles. The Hall–Kier alpha value is -0.390. The third-order valence-corrected chi connectivity index (χ3v) is 3.22. The minimum absolute atomic E-state index is 0. The SMILES string of the molecule is CC(C)(C)C(O)/C(=C\c1ccc(Cl)cc1)n1cncn1.[CaH2]. The van der Waals surface area contributed by atoms with Crippen molar-refractivity contribution in [3.8, 4) is 0 Å². The van der Waals surface area contributed by atoms with Crippen LogP contribution in [0.1, 0.15) is 26.3 Å². The number of aromatic nitrogens is 3. The van der Waals surface area contributed by atoms with Gasteiger partial charge in [0.05, 0.1) is 5.70 Å². The summed E-state index contributed by atoms with van der Waals surface area (Å²) in [7, 11) is 0. The Morgan fingerprint density at radius 1 is 1.29 bits per heavy atom. The first-order chi connectivity index (χ1) is 9.38. The van der Waals surface area contributed by atoms with E-state index in [1.54, 1.807) is 11.0 Å². The fraction of sp³-hybridized carbons (Fsp3) is 0.333. The summed E-state index contributed by atoms with van der Waals surface area (Å²) in [5, 5.41) is 15.3. The van der Waals surface area contributed by atoms with E-state index in [0.29, 0.717) is 10.7 Å². The fourth-order valence-electron chi connectivity index (χ4n) is 1.79. The summed E-state index contributed by atoms with van der Waals surface area (Å²) in [6, 6.07) is 7.43. The zero-order valence-corrected chi connectivity index (χ0v) is 12.5. The van der Waals surface area contributed by atoms with E-state index in [4.69, 9.17) is 11.6 Å². The van der Waals surface area contributed by atoms with Gasteiger partial charge in [0.2, 0.25) is 0 Å². The molecule has 1 heterocycles. The predicted molar refractivity (Wildman–Crippen MR) is 89.6 cm³/mol. The molecule has 2 rings (SSSR count). The van der Waals surface area contributed by atoms with Gasteiger partial charge in [-0.2, -0.15) is 5.10 Å². The second kappa shape index (κ2) is 7.75. The number of rotatable bonds is 3. The van der Waals surface area contributed by atoms with Crippen LogP contribution in [0.5, 0.6) is 0 Å². The summed E-state index contributed by atoms with van der Waals surface area (Å²) in [6.07, 6.45) is 4.25. The molecule has 1 unspecified atom stereocenters. The summed E-state index contributed by atoms with van der Waals surface area (Å²) in [6.45, 7) is 5.93. The molecule has 110 valence electrons. The van der Waals surface area contributed by atoms with E-state index in [-0.39, 0.29) is 43.2 Å². The molecule has 0 aliphatic carbocycles. The number of aliphatic hydroxyl groups is 1. The number of benzene rings is 1. The predicted octanol–water partition coefficient (Wildman–Crippen LogP) is 2.42. The average molecular weight is 334 g/mol. The van der Waals surface area contributed by atoms with Crippen LogP contribution in [-0.2, 0) is 0 Å². The van der Waals surface area contributed by atoms with Crippen LogP contribution in [0.25, 0.3) is 11.8 Å². The number of halogens is 1. The molecule has 0 radical (unpaired) electrons. The van der Waals surface area contributed by atoms with E-state index in [1.165, 1.54) is 6.33 Å². The molecular formula is C15H20CaClN3O. The summed E-state index contributed by atoms with van der Waals surface area (Å²) in [5.74, 6) is 0. The zero-order chi connectivity index (χ0) is 14.8. The molecule has 0 saturated heterocycles. The molecule has 0 aliphatic heterocycles. The molecule has 0 amide bonds. The second-order valence-electron chi connectivity index (χ2n) is 5.73. The Morgan fingerprint density at radius 2 is 1.90 bits per heavy atom. The molecule has 0 spiro atoms. The Morgan fingerprint density at radius 3 is 2.38 bits per heavy atom. The van der Waals surface area contributed by atoms with Crippen LogP contribution in [0.4, 0.5) is 0 Å². The Kier molecular flexibility index (Phi) is 6.88. The van der Waals surface area contributed by atoms with Crippen molar-refractivity contribution >= 4 is 61.1 Å². The van der Waals surface area contributed by atoms with Crippen LogP contribution in [0.3, 0.4) is 0 Å². The van der Waals surface area contributed by atoms with Crippen LogP contribution < -0.4 is 0 Å². The van der Waals surface area contributed by atoms with Crippen molar-refractivity contribution in [2.45, 2.75) is 26.9 Å². The van der Waals surface area contributed by atoms with Gasteiger partial charge in [0.25, 0.3) is 0 Å².